The molecule has 2 aliphatic carbocycles. The van der Waals surface area contributed by atoms with E-state index < -0.39 is 51.9 Å². The summed E-state index contributed by atoms with van der Waals surface area (Å²) in [7, 11) is 0. The van der Waals surface area contributed by atoms with Gasteiger partial charge in [0.2, 0.25) is 0 Å². The summed E-state index contributed by atoms with van der Waals surface area (Å²) >= 11 is -5.04. The van der Waals surface area contributed by atoms with Crippen LogP contribution in [0.5, 0.6) is 0 Å². The standard InChI is InChI=1S/C11H15.3C5H10O2.Ti/c1-8-7-10-5-3-4-6-11(10)9(8)2;3*1-5(2,3)4(6)7;/h9H,3-6H2,1-2H3;3*1-3H3,(H,6,7);/q;;;;+3/p-3. The first-order valence-electron chi connectivity index (χ1n) is 11.9. The van der Waals surface area contributed by atoms with Crippen molar-refractivity contribution in [1.29, 1.82) is 0 Å². The fraction of sp³-hybridized carbons (Fsp3) is 0.731. The summed E-state index contributed by atoms with van der Waals surface area (Å²) in [6, 6.07) is 0. The summed E-state index contributed by atoms with van der Waals surface area (Å²) in [4.78, 5) is 39.8. The van der Waals surface area contributed by atoms with E-state index in [4.69, 9.17) is 9.96 Å². The Morgan fingerprint density at radius 2 is 1.09 bits per heavy atom. The zero-order valence-corrected chi connectivity index (χ0v) is 23.9. The molecule has 0 amide bonds. The van der Waals surface area contributed by atoms with E-state index in [2.05, 4.69) is 6.92 Å². The van der Waals surface area contributed by atoms with Gasteiger partial charge < -0.3 is 0 Å². The number of hydrogen-bond donors (Lipinski definition) is 0. The first-order chi connectivity index (χ1) is 14.8. The van der Waals surface area contributed by atoms with E-state index in [1.165, 1.54) is 5.57 Å². The predicted molar refractivity (Wildman–Crippen MR) is 124 cm³/mol. The molecule has 0 saturated heterocycles. The van der Waals surface area contributed by atoms with Gasteiger partial charge in [-0.15, -0.1) is 0 Å². The topological polar surface area (TPSA) is 78.9 Å². The first kappa shape index (κ1) is 27.8. The van der Waals surface area contributed by atoms with E-state index in [-0.39, 0.29) is 5.92 Å². The zero-order valence-electron chi connectivity index (χ0n) is 22.4. The molecule has 0 aromatic carbocycles. The van der Waals surface area contributed by atoms with Crippen LogP contribution in [0.1, 0.15) is 102 Å². The van der Waals surface area contributed by atoms with Crippen LogP contribution >= 0.6 is 0 Å². The number of rotatable bonds is 4. The molecule has 186 valence electrons. The summed E-state index contributed by atoms with van der Waals surface area (Å²) in [5, 5.41) is 0. The summed E-state index contributed by atoms with van der Waals surface area (Å²) in [6.45, 7) is 19.8. The second-order valence-electron chi connectivity index (χ2n) is 12.5. The van der Waals surface area contributed by atoms with Crippen molar-refractivity contribution in [3.63, 3.8) is 0 Å². The third kappa shape index (κ3) is 6.00. The molecule has 0 N–H and O–H groups in total. The second kappa shape index (κ2) is 9.33. The molecule has 1 unspecified atom stereocenters. The minimum absolute atomic E-state index is 0.135. The predicted octanol–water partition coefficient (Wildman–Crippen LogP) is 6.45. The fourth-order valence-corrected chi connectivity index (χ4v) is 9.24. The summed E-state index contributed by atoms with van der Waals surface area (Å²) in [5.41, 5.74) is 0.751. The Kier molecular flexibility index (Phi) is 7.88. The monoisotopic (exact) mass is 498 g/mol. The van der Waals surface area contributed by atoms with Gasteiger partial charge in [-0.3, -0.25) is 0 Å². The van der Waals surface area contributed by atoms with Gasteiger partial charge in [-0.2, -0.15) is 0 Å². The molecule has 2 rings (SSSR count). The molecule has 6 nitrogen and oxygen atoms in total. The van der Waals surface area contributed by atoms with Crippen molar-refractivity contribution in [3.05, 3.63) is 20.6 Å². The van der Waals surface area contributed by atoms with Gasteiger partial charge in [-0.05, 0) is 0 Å². The summed E-state index contributed by atoms with van der Waals surface area (Å²) in [6.07, 6.45) is 3.83. The van der Waals surface area contributed by atoms with Gasteiger partial charge in [-0.25, -0.2) is 0 Å². The van der Waals surface area contributed by atoms with Gasteiger partial charge in [0.05, 0.1) is 0 Å². The van der Waals surface area contributed by atoms with E-state index in [1.54, 1.807) is 62.3 Å². The molecule has 0 aliphatic heterocycles. The van der Waals surface area contributed by atoms with Crippen molar-refractivity contribution in [2.45, 2.75) is 102 Å². The van der Waals surface area contributed by atoms with Gasteiger partial charge in [0.25, 0.3) is 0 Å². The van der Waals surface area contributed by atoms with Crippen molar-refractivity contribution in [3.8, 4) is 0 Å². The molecule has 1 atom stereocenters. The van der Waals surface area contributed by atoms with Crippen LogP contribution in [0.4, 0.5) is 0 Å². The summed E-state index contributed by atoms with van der Waals surface area (Å²) < 4.78 is 19.2. The van der Waals surface area contributed by atoms with Gasteiger partial charge in [-0.1, -0.05) is 0 Å². The van der Waals surface area contributed by atoms with Crippen molar-refractivity contribution in [2.24, 2.45) is 22.2 Å². The van der Waals surface area contributed by atoms with Gasteiger partial charge in [0, 0.05) is 0 Å². The normalized spacial score (nSPS) is 19.9. The SMILES string of the molecule is CC1=[C]([Ti]([O]C(=O)C(C)(C)C)([O]C(=O)C(C)(C)C)[O]C(=O)C(C)(C)C)C2=C(CCCC2)C1C. The van der Waals surface area contributed by atoms with Crippen LogP contribution in [0, 0.1) is 22.2 Å². The molecule has 0 spiro atoms. The summed E-state index contributed by atoms with van der Waals surface area (Å²) in [5.74, 6) is -1.48. The average molecular weight is 498 g/mol. The Morgan fingerprint density at radius 1 is 0.727 bits per heavy atom. The van der Waals surface area contributed by atoms with Crippen LogP contribution in [-0.4, -0.2) is 17.9 Å². The van der Waals surface area contributed by atoms with Crippen LogP contribution in [0.25, 0.3) is 0 Å². The molecule has 0 aromatic heterocycles. The maximum absolute atomic E-state index is 13.3. The molecule has 0 fully saturated rings. The second-order valence-corrected chi connectivity index (χ2v) is 15.9. The molecule has 0 saturated carbocycles. The Hall–Kier alpha value is -1.40. The molecule has 33 heavy (non-hydrogen) atoms. The number of carbonyl (C=O) groups excluding carboxylic acids is 3. The van der Waals surface area contributed by atoms with Crippen LogP contribution in [0.2, 0.25) is 0 Å². The van der Waals surface area contributed by atoms with Crippen LogP contribution in [-0.2, 0) is 42.1 Å². The van der Waals surface area contributed by atoms with E-state index in [0.717, 1.165) is 36.8 Å². The van der Waals surface area contributed by atoms with Gasteiger partial charge in [0.15, 0.2) is 0 Å². The van der Waals surface area contributed by atoms with Gasteiger partial charge >= 0.3 is 205 Å². The van der Waals surface area contributed by atoms with E-state index in [1.807, 2.05) is 6.92 Å². The Morgan fingerprint density at radius 3 is 1.45 bits per heavy atom. The molecule has 7 heteroatoms. The molecule has 0 bridgehead atoms. The third-order valence-electron chi connectivity index (χ3n) is 6.20. The molecular formula is C26H42O6Ti. The van der Waals surface area contributed by atoms with Gasteiger partial charge in [0.1, 0.15) is 0 Å². The quantitative estimate of drug-likeness (QED) is 0.415. The van der Waals surface area contributed by atoms with Crippen molar-refractivity contribution < 1.29 is 42.1 Å². The van der Waals surface area contributed by atoms with Crippen LogP contribution in [0.15, 0.2) is 20.6 Å². The van der Waals surface area contributed by atoms with Crippen molar-refractivity contribution in [2.75, 3.05) is 0 Å². The van der Waals surface area contributed by atoms with E-state index in [9.17, 15) is 14.4 Å². The number of carbonyl (C=O) groups is 3. The number of hydrogen-bond acceptors (Lipinski definition) is 6. The third-order valence-corrected chi connectivity index (χ3v) is 10.4. The maximum atomic E-state index is 13.3. The van der Waals surface area contributed by atoms with Crippen molar-refractivity contribution in [1.82, 2.24) is 0 Å². The van der Waals surface area contributed by atoms with Crippen LogP contribution < -0.4 is 0 Å². The molecular weight excluding hydrogens is 456 g/mol. The van der Waals surface area contributed by atoms with E-state index in [0.29, 0.717) is 3.88 Å². The first-order valence-corrected chi connectivity index (χ1v) is 14.6. The zero-order chi connectivity index (χ0) is 25.6. The Bertz CT molecular complexity index is 820. The fourth-order valence-electron chi connectivity index (χ4n) is 3.88. The minimum atomic E-state index is -5.04. The van der Waals surface area contributed by atoms with Crippen LogP contribution in [0.3, 0.4) is 0 Å². The van der Waals surface area contributed by atoms with E-state index >= 15 is 0 Å². The number of allylic oxidation sites excluding steroid dienone is 4. The average Bonchev–Trinajstić information content (AvgIpc) is 2.90. The Balaban J connectivity index is 2.80. The van der Waals surface area contributed by atoms with Crippen molar-refractivity contribution >= 4 is 17.9 Å². The molecule has 0 aromatic rings. The molecule has 2 aliphatic rings. The molecule has 0 radical (unpaired) electrons. The molecule has 0 heterocycles. The Labute approximate surface area is 204 Å².